The summed E-state index contributed by atoms with van der Waals surface area (Å²) in [5.74, 6) is -0.0631. The molecule has 2 nitrogen and oxygen atoms in total. The second-order valence-corrected chi connectivity index (χ2v) is 4.04. The minimum absolute atomic E-state index is 0. The van der Waals surface area contributed by atoms with Crippen LogP contribution in [0.2, 0.25) is 0 Å². The van der Waals surface area contributed by atoms with Crippen molar-refractivity contribution in [3.05, 3.63) is 24.3 Å². The molecule has 1 aromatic rings. The molecular weight excluding hydrogens is 271 g/mol. The summed E-state index contributed by atoms with van der Waals surface area (Å²) in [5.41, 5.74) is -0.654. The largest absolute Gasteiger partial charge is 1.00 e. The van der Waals surface area contributed by atoms with Crippen LogP contribution in [-0.2, 0) is 4.74 Å². The van der Waals surface area contributed by atoms with E-state index in [2.05, 4.69) is 0 Å². The topological polar surface area (TPSA) is 18.5 Å². The molecule has 0 aromatic heterocycles. The van der Waals surface area contributed by atoms with Gasteiger partial charge in [0.1, 0.15) is 6.10 Å². The van der Waals surface area contributed by atoms with Crippen molar-refractivity contribution < 1.29 is 73.8 Å². The zero-order chi connectivity index (χ0) is 12.3. The number of ether oxygens (including phenoxy) is 2. The molecule has 0 unspecified atom stereocenters. The quantitative estimate of drug-likeness (QED) is 0.684. The van der Waals surface area contributed by atoms with Crippen LogP contribution in [0.5, 0.6) is 5.75 Å². The zero-order valence-corrected chi connectivity index (χ0v) is 13.4. The molecule has 94 valence electrons. The molecule has 0 bridgehead atoms. The molecule has 0 atom stereocenters. The van der Waals surface area contributed by atoms with Crippen molar-refractivity contribution in [2.24, 2.45) is 0 Å². The van der Waals surface area contributed by atoms with E-state index in [-0.39, 0.29) is 63.2 Å². The molecule has 0 spiro atoms. The average Bonchev–Trinajstić information content (AvgIpc) is 2.30. The average molecular weight is 284 g/mol. The Bertz CT molecular complexity index is 381. The summed E-state index contributed by atoms with van der Waals surface area (Å²) in [7, 11) is 0. The first-order valence-corrected chi connectivity index (χ1v) is 5.60. The standard InChI is InChI=1S/C11H13BF3O2.K/c13-12(14,15)10-3-1-2-4-11(10)17-9-5-7-16-8-6-9;/h1-4,9H,5-8H2;/q-1;+1. The number of benzene rings is 1. The van der Waals surface area contributed by atoms with E-state index in [4.69, 9.17) is 9.47 Å². The molecule has 1 saturated heterocycles. The molecule has 0 aliphatic carbocycles. The molecule has 0 saturated carbocycles. The Balaban J connectivity index is 0.00000162. The maximum absolute atomic E-state index is 12.8. The smallest absolute Gasteiger partial charge is 0.493 e. The summed E-state index contributed by atoms with van der Waals surface area (Å²) in [6.07, 6.45) is 1.10. The van der Waals surface area contributed by atoms with Gasteiger partial charge in [0.2, 0.25) is 0 Å². The van der Waals surface area contributed by atoms with Gasteiger partial charge in [0.25, 0.3) is 0 Å². The molecule has 7 heteroatoms. The van der Waals surface area contributed by atoms with Gasteiger partial charge in [-0.25, -0.2) is 0 Å². The van der Waals surface area contributed by atoms with Crippen LogP contribution >= 0.6 is 0 Å². The van der Waals surface area contributed by atoms with Crippen molar-refractivity contribution >= 4 is 12.4 Å². The number of para-hydroxylation sites is 1. The van der Waals surface area contributed by atoms with Crippen molar-refractivity contribution in [2.45, 2.75) is 18.9 Å². The molecular formula is C11H13BF3KO2. The molecule has 1 heterocycles. The van der Waals surface area contributed by atoms with E-state index in [0.29, 0.717) is 26.1 Å². The Labute approximate surface area is 147 Å². The third kappa shape index (κ3) is 4.54. The molecule has 1 fully saturated rings. The Morgan fingerprint density at radius 2 is 1.72 bits per heavy atom. The van der Waals surface area contributed by atoms with Gasteiger partial charge in [0.15, 0.2) is 0 Å². The van der Waals surface area contributed by atoms with E-state index in [0.717, 1.165) is 6.07 Å². The second kappa shape index (κ2) is 7.31. The number of hydrogen-bond donors (Lipinski definition) is 0. The molecule has 1 aliphatic heterocycles. The molecule has 2 rings (SSSR count). The van der Waals surface area contributed by atoms with Crippen LogP contribution in [0.1, 0.15) is 12.8 Å². The van der Waals surface area contributed by atoms with E-state index in [9.17, 15) is 12.9 Å². The van der Waals surface area contributed by atoms with E-state index >= 15 is 0 Å². The molecule has 0 N–H and O–H groups in total. The number of halogens is 3. The molecule has 1 aliphatic rings. The number of rotatable bonds is 3. The van der Waals surface area contributed by atoms with Crippen LogP contribution in [0.4, 0.5) is 12.9 Å². The van der Waals surface area contributed by atoms with Gasteiger partial charge in [-0.2, -0.15) is 0 Å². The SMILES string of the molecule is F[B-](F)(F)c1ccccc1OC1CCOCC1.[K+]. The predicted molar refractivity (Wildman–Crippen MR) is 59.6 cm³/mol. The summed E-state index contributed by atoms with van der Waals surface area (Å²) in [6.45, 7) is -3.93. The van der Waals surface area contributed by atoms with Crippen molar-refractivity contribution in [2.75, 3.05) is 13.2 Å². The van der Waals surface area contributed by atoms with E-state index in [1.165, 1.54) is 12.1 Å². The van der Waals surface area contributed by atoms with Crippen LogP contribution < -0.4 is 61.6 Å². The van der Waals surface area contributed by atoms with Gasteiger partial charge in [0, 0.05) is 12.8 Å². The van der Waals surface area contributed by atoms with E-state index < -0.39 is 12.4 Å². The first-order valence-electron chi connectivity index (χ1n) is 5.60. The van der Waals surface area contributed by atoms with Gasteiger partial charge in [-0.1, -0.05) is 23.7 Å². The van der Waals surface area contributed by atoms with Crippen LogP contribution in [0.25, 0.3) is 0 Å². The van der Waals surface area contributed by atoms with Crippen molar-refractivity contribution in [3.63, 3.8) is 0 Å². The van der Waals surface area contributed by atoms with Gasteiger partial charge in [-0.15, -0.1) is 0 Å². The van der Waals surface area contributed by atoms with Gasteiger partial charge < -0.3 is 22.4 Å². The third-order valence-corrected chi connectivity index (χ3v) is 2.73. The normalized spacial score (nSPS) is 17.1. The third-order valence-electron chi connectivity index (χ3n) is 2.73. The van der Waals surface area contributed by atoms with Gasteiger partial charge in [0.05, 0.1) is 19.0 Å². The van der Waals surface area contributed by atoms with Gasteiger partial charge >= 0.3 is 58.4 Å². The van der Waals surface area contributed by atoms with Crippen LogP contribution in [-0.4, -0.2) is 26.3 Å². The predicted octanol–water partition coefficient (Wildman–Crippen LogP) is -0.697. The zero-order valence-electron chi connectivity index (χ0n) is 10.2. The van der Waals surface area contributed by atoms with Crippen molar-refractivity contribution in [1.29, 1.82) is 0 Å². The summed E-state index contributed by atoms with van der Waals surface area (Å²) in [5, 5.41) is 0. The summed E-state index contributed by atoms with van der Waals surface area (Å²) < 4.78 is 48.8. The Morgan fingerprint density at radius 3 is 2.33 bits per heavy atom. The Morgan fingerprint density at radius 1 is 1.11 bits per heavy atom. The molecule has 0 amide bonds. The van der Waals surface area contributed by atoms with Gasteiger partial charge in [-0.3, -0.25) is 0 Å². The first-order chi connectivity index (χ1) is 8.07. The molecule has 18 heavy (non-hydrogen) atoms. The molecule has 0 radical (unpaired) electrons. The van der Waals surface area contributed by atoms with Crippen LogP contribution in [0.15, 0.2) is 24.3 Å². The molecule has 1 aromatic carbocycles. The maximum Gasteiger partial charge on any atom is 1.00 e. The van der Waals surface area contributed by atoms with Crippen LogP contribution in [0.3, 0.4) is 0 Å². The van der Waals surface area contributed by atoms with E-state index in [1.807, 2.05) is 0 Å². The second-order valence-electron chi connectivity index (χ2n) is 4.04. The first kappa shape index (κ1) is 16.5. The van der Waals surface area contributed by atoms with Gasteiger partial charge in [-0.05, 0) is 6.07 Å². The summed E-state index contributed by atoms with van der Waals surface area (Å²) in [4.78, 5) is 0. The number of hydrogen-bond acceptors (Lipinski definition) is 2. The fraction of sp³-hybridized carbons (Fsp3) is 0.455. The minimum atomic E-state index is -5.02. The maximum atomic E-state index is 12.8. The summed E-state index contributed by atoms with van der Waals surface area (Å²) >= 11 is 0. The fourth-order valence-electron chi connectivity index (χ4n) is 1.83. The Hall–Kier alpha value is 0.471. The van der Waals surface area contributed by atoms with E-state index in [1.54, 1.807) is 6.07 Å². The van der Waals surface area contributed by atoms with Crippen molar-refractivity contribution in [1.82, 2.24) is 0 Å². The monoisotopic (exact) mass is 284 g/mol. The van der Waals surface area contributed by atoms with Crippen LogP contribution in [0, 0.1) is 0 Å². The Kier molecular flexibility index (Phi) is 6.71. The minimum Gasteiger partial charge on any atom is -0.493 e. The summed E-state index contributed by atoms with van der Waals surface area (Å²) in [6, 6.07) is 5.37. The fourth-order valence-corrected chi connectivity index (χ4v) is 1.83. The van der Waals surface area contributed by atoms with Crippen molar-refractivity contribution in [3.8, 4) is 5.75 Å².